The number of hydrogen-bond acceptors (Lipinski definition) is 6. The van der Waals surface area contributed by atoms with Gasteiger partial charge in [0.25, 0.3) is 0 Å². The molecule has 48 heavy (non-hydrogen) atoms. The Morgan fingerprint density at radius 3 is 0.604 bits per heavy atom. The van der Waals surface area contributed by atoms with Gasteiger partial charge in [0.1, 0.15) is 0 Å². The van der Waals surface area contributed by atoms with E-state index in [1.54, 1.807) is 0 Å². The first-order valence-electron chi connectivity index (χ1n) is 14.3. The van der Waals surface area contributed by atoms with Gasteiger partial charge < -0.3 is 0 Å². The van der Waals surface area contributed by atoms with Crippen molar-refractivity contribution in [2.75, 3.05) is 0 Å². The van der Waals surface area contributed by atoms with Gasteiger partial charge in [0.15, 0.2) is 0 Å². The van der Waals surface area contributed by atoms with Crippen LogP contribution in [0.5, 0.6) is 0 Å². The molecule has 6 aromatic rings. The Hall–Kier alpha value is -1.71. The minimum absolute atomic E-state index is 0. The molecule has 0 N–H and O–H groups in total. The molecule has 0 saturated carbocycles. The van der Waals surface area contributed by atoms with Crippen molar-refractivity contribution in [2.45, 2.75) is 41.5 Å². The number of aryl methyl sites for hydroxylation is 6. The summed E-state index contributed by atoms with van der Waals surface area (Å²) >= 11 is 5.30. The van der Waals surface area contributed by atoms with Crippen LogP contribution in [0.3, 0.4) is 0 Å². The Balaban J connectivity index is 0.000000334. The van der Waals surface area contributed by atoms with Gasteiger partial charge in [-0.25, -0.2) is 0 Å². The normalized spacial score (nSPS) is 9.46. The van der Waals surface area contributed by atoms with Crippen molar-refractivity contribution < 1.29 is 32.7 Å². The Labute approximate surface area is 336 Å². The number of aromatic nitrogens is 6. The maximum absolute atomic E-state index is 4.29. The molecule has 0 radical (unpaired) electrons. The molecule has 6 aromatic heterocycles. The zero-order valence-corrected chi connectivity index (χ0v) is 37.0. The molecule has 0 atom stereocenters. The molecule has 0 aromatic carbocycles. The molecule has 0 bridgehead atoms. The summed E-state index contributed by atoms with van der Waals surface area (Å²) in [4.78, 5) is 25.7. The Morgan fingerprint density at radius 2 is 0.500 bits per heavy atom. The van der Waals surface area contributed by atoms with Crippen LogP contribution in [0.25, 0.3) is 34.2 Å². The minimum Gasteiger partial charge on any atom is 0 e. The molecular formula is C36H36Cl2I3N6Ru-. The summed E-state index contributed by atoms with van der Waals surface area (Å²) in [7, 11) is 8.22. The Kier molecular flexibility index (Phi) is 23.3. The summed E-state index contributed by atoms with van der Waals surface area (Å²) < 4.78 is 0. The van der Waals surface area contributed by atoms with E-state index in [-0.39, 0.29) is 19.5 Å². The molecule has 0 amide bonds. The van der Waals surface area contributed by atoms with E-state index in [1.165, 1.54) is 33.4 Å². The molecular weight excluding hydrogens is 1070 g/mol. The van der Waals surface area contributed by atoms with Gasteiger partial charge in [0.05, 0.1) is 34.2 Å². The predicted octanol–water partition coefficient (Wildman–Crippen LogP) is 8.43. The van der Waals surface area contributed by atoms with Gasteiger partial charge in [-0.1, -0.05) is 0 Å². The van der Waals surface area contributed by atoms with Crippen molar-refractivity contribution in [2.24, 2.45) is 0 Å². The summed E-state index contributed by atoms with van der Waals surface area (Å²) in [6.07, 6.45) is 10.9. The second-order valence-corrected chi connectivity index (χ2v) is 26.6. The van der Waals surface area contributed by atoms with E-state index in [9.17, 15) is 0 Å². The fraction of sp³-hybridized carbons (Fsp3) is 0.167. The van der Waals surface area contributed by atoms with Gasteiger partial charge >= 0.3 is 50.5 Å². The summed E-state index contributed by atoms with van der Waals surface area (Å²) in [6, 6.07) is 24.2. The number of halogens is 5. The monoisotopic (exact) mass is 1100 g/mol. The van der Waals surface area contributed by atoms with E-state index in [2.05, 4.69) is 130 Å². The molecule has 0 aliphatic rings. The van der Waals surface area contributed by atoms with Crippen molar-refractivity contribution in [3.05, 3.63) is 143 Å². The average molecular weight is 1110 g/mol. The van der Waals surface area contributed by atoms with Crippen LogP contribution < -0.4 is 13.3 Å². The van der Waals surface area contributed by atoms with Crippen LogP contribution >= 0.6 is 58.9 Å². The zero-order chi connectivity index (χ0) is 34.6. The fourth-order valence-corrected chi connectivity index (χ4v) is 4.06. The first-order chi connectivity index (χ1) is 22.7. The second-order valence-electron chi connectivity index (χ2n) is 10.4. The van der Waals surface area contributed by atoms with Crippen molar-refractivity contribution in [1.29, 1.82) is 0 Å². The molecule has 0 aliphatic heterocycles. The molecule has 6 heterocycles. The summed E-state index contributed by atoms with van der Waals surface area (Å²) in [5.74, 6) is 0. The fourth-order valence-electron chi connectivity index (χ4n) is 4.06. The predicted molar refractivity (Wildman–Crippen MR) is 211 cm³/mol. The van der Waals surface area contributed by atoms with E-state index < -0.39 is 0 Å². The van der Waals surface area contributed by atoms with Gasteiger partial charge in [0, 0.05) is 78.4 Å². The van der Waals surface area contributed by atoms with Crippen LogP contribution in [0.1, 0.15) is 33.4 Å². The summed E-state index contributed by atoms with van der Waals surface area (Å²) in [6.45, 7) is 12.3. The SMILES string of the molecule is Cc1ccnc(-c2cc(C)ccn2)c1.Cc1ccnc(-c2cc(C)ccn2)c1.Cc1ccnc(-c2cc(C)ccn2)c1.ClCl.I[I-]I.[Ru]. The summed E-state index contributed by atoms with van der Waals surface area (Å²) in [5, 5.41) is 0. The van der Waals surface area contributed by atoms with Gasteiger partial charge in [-0.3, -0.25) is 29.9 Å². The van der Waals surface area contributed by atoms with Gasteiger partial charge in [-0.2, -0.15) is 0 Å². The van der Waals surface area contributed by atoms with Crippen molar-refractivity contribution in [1.82, 2.24) is 29.9 Å². The molecule has 0 saturated heterocycles. The van der Waals surface area contributed by atoms with E-state index >= 15 is 0 Å². The topological polar surface area (TPSA) is 77.3 Å². The van der Waals surface area contributed by atoms with Crippen molar-refractivity contribution in [3.63, 3.8) is 0 Å². The Morgan fingerprint density at radius 1 is 0.375 bits per heavy atom. The molecule has 0 aliphatic carbocycles. The van der Waals surface area contributed by atoms with Crippen LogP contribution in [0.2, 0.25) is 0 Å². The zero-order valence-electron chi connectivity index (χ0n) is 27.3. The first kappa shape index (κ1) is 44.3. The van der Waals surface area contributed by atoms with Gasteiger partial charge in [0.2, 0.25) is 0 Å². The number of pyridine rings is 6. The van der Waals surface area contributed by atoms with Crippen molar-refractivity contribution >= 4 is 58.9 Å². The van der Waals surface area contributed by atoms with E-state index in [4.69, 9.17) is 0 Å². The quantitative estimate of drug-likeness (QED) is 0.131. The maximum atomic E-state index is 4.29. The third-order valence-corrected chi connectivity index (χ3v) is 6.28. The van der Waals surface area contributed by atoms with Crippen LogP contribution in [0.4, 0.5) is 0 Å². The van der Waals surface area contributed by atoms with E-state index in [1.807, 2.05) is 110 Å². The molecule has 0 spiro atoms. The molecule has 0 fully saturated rings. The number of nitrogens with zero attached hydrogens (tertiary/aromatic N) is 6. The standard InChI is InChI=1S/3C12H12N2.Cl2.I3.Ru/c3*1-9-3-5-13-11(7-9)12-8-10(2)4-6-14-12;1-2;1-3-2;/h3*3-8H,1-2H3;;;/q;;;;-1;. The molecule has 0 unspecified atom stereocenters. The number of rotatable bonds is 3. The van der Waals surface area contributed by atoms with Crippen LogP contribution in [0, 0.1) is 41.5 Å². The Bertz CT molecular complexity index is 1480. The largest absolute Gasteiger partial charge is 0 e. The minimum atomic E-state index is 0. The second kappa shape index (κ2) is 25.3. The molecule has 6 nitrogen and oxygen atoms in total. The van der Waals surface area contributed by atoms with E-state index in [0.717, 1.165) is 34.2 Å². The van der Waals surface area contributed by atoms with E-state index in [0.29, 0.717) is 13.3 Å². The smallest absolute Gasteiger partial charge is 0 e. The number of hydrogen-bond donors (Lipinski definition) is 0. The molecule has 6 rings (SSSR count). The maximum Gasteiger partial charge on any atom is 0 e. The summed E-state index contributed by atoms with van der Waals surface area (Å²) in [5.41, 5.74) is 12.9. The first-order valence-corrected chi connectivity index (χ1v) is 28.0. The molecule has 254 valence electrons. The third-order valence-electron chi connectivity index (χ3n) is 6.28. The van der Waals surface area contributed by atoms with Gasteiger partial charge in [-0.05, 0) is 148 Å². The van der Waals surface area contributed by atoms with Crippen LogP contribution in [0.15, 0.2) is 110 Å². The van der Waals surface area contributed by atoms with Crippen LogP contribution in [-0.2, 0) is 19.5 Å². The molecule has 12 heteroatoms. The average Bonchev–Trinajstić information content (AvgIpc) is 3.07. The van der Waals surface area contributed by atoms with Crippen molar-refractivity contribution in [3.8, 4) is 34.2 Å². The van der Waals surface area contributed by atoms with Crippen LogP contribution in [-0.4, -0.2) is 29.9 Å². The van der Waals surface area contributed by atoms with Gasteiger partial charge in [-0.15, -0.1) is 0 Å². The third kappa shape index (κ3) is 16.8.